The lowest BCUT2D eigenvalue weighted by atomic mass is 10.2. The lowest BCUT2D eigenvalue weighted by molar-refractivity contribution is 0.306. The number of hydrogen-bond acceptors (Lipinski definition) is 4. The molecule has 2 aromatic rings. The smallest absolute Gasteiger partial charge is 0.121 e. The maximum Gasteiger partial charge on any atom is 0.121 e. The van der Waals surface area contributed by atoms with Crippen molar-refractivity contribution in [3.8, 4) is 5.75 Å². The van der Waals surface area contributed by atoms with Crippen LogP contribution in [0.15, 0.2) is 30.3 Å². The van der Waals surface area contributed by atoms with Gasteiger partial charge in [0.2, 0.25) is 0 Å². The largest absolute Gasteiger partial charge is 0.489 e. The van der Waals surface area contributed by atoms with Crippen molar-refractivity contribution in [3.63, 3.8) is 0 Å². The highest BCUT2D eigenvalue weighted by atomic mass is 32.1. The first-order valence-corrected chi connectivity index (χ1v) is 8.11. The van der Waals surface area contributed by atoms with E-state index in [0.29, 0.717) is 6.61 Å². The van der Waals surface area contributed by atoms with E-state index in [4.69, 9.17) is 4.74 Å². The van der Waals surface area contributed by atoms with Crippen LogP contribution < -0.4 is 15.0 Å². The van der Waals surface area contributed by atoms with Gasteiger partial charge in [-0.1, -0.05) is 13.0 Å². The normalized spacial score (nSPS) is 10.7. The minimum absolute atomic E-state index is 0.630. The second-order valence-corrected chi connectivity index (χ2v) is 6.60. The van der Waals surface area contributed by atoms with E-state index in [1.54, 1.807) is 0 Å². The standard InChI is InChI=1S/C17H24N2OS/c1-5-18-11-17-9-14(13(2)21-17)12-20-16-8-6-7-15(10-16)19(3)4/h6-10,18H,5,11-12H2,1-4H3. The summed E-state index contributed by atoms with van der Waals surface area (Å²) in [6.45, 7) is 6.86. The Morgan fingerprint density at radius 2 is 2.05 bits per heavy atom. The molecule has 0 spiro atoms. The molecule has 0 saturated carbocycles. The highest BCUT2D eigenvalue weighted by Crippen LogP contribution is 2.24. The predicted octanol–water partition coefficient (Wildman–Crippen LogP) is 3.81. The van der Waals surface area contributed by atoms with E-state index in [1.165, 1.54) is 15.3 Å². The van der Waals surface area contributed by atoms with Crippen molar-refractivity contribution in [3.05, 3.63) is 45.6 Å². The van der Waals surface area contributed by atoms with Crippen molar-refractivity contribution in [2.75, 3.05) is 25.5 Å². The van der Waals surface area contributed by atoms with Crippen LogP contribution in [-0.2, 0) is 13.2 Å². The van der Waals surface area contributed by atoms with Gasteiger partial charge in [-0.25, -0.2) is 0 Å². The fraction of sp³-hybridized carbons (Fsp3) is 0.412. The zero-order valence-corrected chi connectivity index (χ0v) is 14.1. The molecule has 0 aliphatic heterocycles. The van der Waals surface area contributed by atoms with E-state index in [0.717, 1.165) is 24.5 Å². The molecular weight excluding hydrogens is 280 g/mol. The number of rotatable bonds is 7. The van der Waals surface area contributed by atoms with Gasteiger partial charge in [-0.05, 0) is 31.7 Å². The molecule has 0 fully saturated rings. The zero-order chi connectivity index (χ0) is 15.2. The number of hydrogen-bond donors (Lipinski definition) is 1. The van der Waals surface area contributed by atoms with Crippen LogP contribution >= 0.6 is 11.3 Å². The molecule has 0 amide bonds. The first-order valence-electron chi connectivity index (χ1n) is 7.29. The average molecular weight is 304 g/mol. The molecule has 1 heterocycles. The molecule has 3 nitrogen and oxygen atoms in total. The summed E-state index contributed by atoms with van der Waals surface area (Å²) in [5.41, 5.74) is 2.44. The van der Waals surface area contributed by atoms with E-state index >= 15 is 0 Å². The van der Waals surface area contributed by atoms with Gasteiger partial charge in [0.05, 0.1) is 0 Å². The fourth-order valence-corrected chi connectivity index (χ4v) is 3.10. The van der Waals surface area contributed by atoms with Gasteiger partial charge in [-0.3, -0.25) is 0 Å². The number of aryl methyl sites for hydroxylation is 1. The summed E-state index contributed by atoms with van der Waals surface area (Å²) in [5.74, 6) is 0.917. The summed E-state index contributed by atoms with van der Waals surface area (Å²) in [4.78, 5) is 4.79. The lowest BCUT2D eigenvalue weighted by Gasteiger charge is -2.14. The maximum absolute atomic E-state index is 5.94. The van der Waals surface area contributed by atoms with E-state index in [1.807, 2.05) is 37.6 Å². The minimum atomic E-state index is 0.630. The van der Waals surface area contributed by atoms with Gasteiger partial charge >= 0.3 is 0 Å². The van der Waals surface area contributed by atoms with E-state index in [2.05, 4.69) is 42.3 Å². The van der Waals surface area contributed by atoms with Crippen molar-refractivity contribution in [1.29, 1.82) is 0 Å². The Bertz CT molecular complexity index is 578. The average Bonchev–Trinajstić information content (AvgIpc) is 2.83. The molecule has 4 heteroatoms. The van der Waals surface area contributed by atoms with Crippen LogP contribution in [-0.4, -0.2) is 20.6 Å². The van der Waals surface area contributed by atoms with Crippen molar-refractivity contribution in [2.45, 2.75) is 27.0 Å². The quantitative estimate of drug-likeness (QED) is 0.842. The van der Waals surface area contributed by atoms with Crippen LogP contribution in [0.25, 0.3) is 0 Å². The zero-order valence-electron chi connectivity index (χ0n) is 13.3. The molecule has 0 radical (unpaired) electrons. The summed E-state index contributed by atoms with van der Waals surface area (Å²) < 4.78 is 5.94. The van der Waals surface area contributed by atoms with E-state index < -0.39 is 0 Å². The van der Waals surface area contributed by atoms with Gasteiger partial charge in [0, 0.05) is 47.7 Å². The van der Waals surface area contributed by atoms with Crippen molar-refractivity contribution in [2.24, 2.45) is 0 Å². The molecule has 0 saturated heterocycles. The highest BCUT2D eigenvalue weighted by molar-refractivity contribution is 7.12. The third-order valence-corrected chi connectivity index (χ3v) is 4.44. The molecular formula is C17H24N2OS. The third kappa shape index (κ3) is 4.48. The van der Waals surface area contributed by atoms with Crippen molar-refractivity contribution < 1.29 is 4.74 Å². The minimum Gasteiger partial charge on any atom is -0.489 e. The van der Waals surface area contributed by atoms with Crippen LogP contribution in [0.1, 0.15) is 22.2 Å². The molecule has 1 N–H and O–H groups in total. The molecule has 1 aromatic carbocycles. The predicted molar refractivity (Wildman–Crippen MR) is 91.5 cm³/mol. The first-order chi connectivity index (χ1) is 10.1. The number of benzene rings is 1. The SMILES string of the molecule is CCNCc1cc(COc2cccc(N(C)C)c2)c(C)s1. The summed E-state index contributed by atoms with van der Waals surface area (Å²) in [5, 5.41) is 3.36. The Morgan fingerprint density at radius 3 is 2.76 bits per heavy atom. The van der Waals surface area contributed by atoms with Crippen LogP contribution in [0.3, 0.4) is 0 Å². The molecule has 0 aliphatic rings. The molecule has 21 heavy (non-hydrogen) atoms. The van der Waals surface area contributed by atoms with Crippen LogP contribution in [0, 0.1) is 6.92 Å². The van der Waals surface area contributed by atoms with E-state index in [9.17, 15) is 0 Å². The second-order valence-electron chi connectivity index (χ2n) is 5.25. The molecule has 2 rings (SSSR count). The van der Waals surface area contributed by atoms with Gasteiger partial charge in [-0.2, -0.15) is 0 Å². The number of anilines is 1. The summed E-state index contributed by atoms with van der Waals surface area (Å²) in [6, 6.07) is 10.4. The van der Waals surface area contributed by atoms with Gasteiger partial charge in [0.1, 0.15) is 12.4 Å². The van der Waals surface area contributed by atoms with Crippen LogP contribution in [0.4, 0.5) is 5.69 Å². The maximum atomic E-state index is 5.94. The molecule has 0 aliphatic carbocycles. The molecule has 0 unspecified atom stereocenters. The van der Waals surface area contributed by atoms with Crippen LogP contribution in [0.2, 0.25) is 0 Å². The Balaban J connectivity index is 1.99. The van der Waals surface area contributed by atoms with E-state index in [-0.39, 0.29) is 0 Å². The molecule has 0 atom stereocenters. The molecule has 1 aromatic heterocycles. The Morgan fingerprint density at radius 1 is 1.24 bits per heavy atom. The second kappa shape index (κ2) is 7.48. The van der Waals surface area contributed by atoms with Gasteiger partial charge in [0.15, 0.2) is 0 Å². The topological polar surface area (TPSA) is 24.5 Å². The number of nitrogens with zero attached hydrogens (tertiary/aromatic N) is 1. The monoisotopic (exact) mass is 304 g/mol. The summed E-state index contributed by atoms with van der Waals surface area (Å²) >= 11 is 1.85. The number of ether oxygens (including phenoxy) is 1. The van der Waals surface area contributed by atoms with Crippen molar-refractivity contribution in [1.82, 2.24) is 5.32 Å². The Labute approximate surface area is 131 Å². The number of thiophene rings is 1. The van der Waals surface area contributed by atoms with Crippen LogP contribution in [0.5, 0.6) is 5.75 Å². The van der Waals surface area contributed by atoms with Gasteiger partial charge in [0.25, 0.3) is 0 Å². The van der Waals surface area contributed by atoms with Gasteiger partial charge in [-0.15, -0.1) is 11.3 Å². The Hall–Kier alpha value is -1.52. The van der Waals surface area contributed by atoms with Crippen molar-refractivity contribution >= 4 is 17.0 Å². The van der Waals surface area contributed by atoms with Gasteiger partial charge < -0.3 is 15.0 Å². The lowest BCUT2D eigenvalue weighted by Crippen LogP contribution is -2.10. The fourth-order valence-electron chi connectivity index (χ4n) is 2.08. The summed E-state index contributed by atoms with van der Waals surface area (Å²) in [6.07, 6.45) is 0. The highest BCUT2D eigenvalue weighted by Gasteiger charge is 2.06. The molecule has 114 valence electrons. The molecule has 0 bridgehead atoms. The third-order valence-electron chi connectivity index (χ3n) is 3.35. The Kier molecular flexibility index (Phi) is 5.65. The first kappa shape index (κ1) is 15.9. The number of nitrogens with one attached hydrogen (secondary N) is 1. The summed E-state index contributed by atoms with van der Waals surface area (Å²) in [7, 11) is 4.07.